The van der Waals surface area contributed by atoms with Crippen LogP contribution >= 0.6 is 23.2 Å². The van der Waals surface area contributed by atoms with E-state index < -0.39 is 4.92 Å². The van der Waals surface area contributed by atoms with Crippen LogP contribution in [0.25, 0.3) is 0 Å². The molecule has 0 saturated heterocycles. The minimum atomic E-state index is -0.540. The van der Waals surface area contributed by atoms with Crippen molar-refractivity contribution in [2.24, 2.45) is 0 Å². The fourth-order valence-electron chi connectivity index (χ4n) is 1.83. The topological polar surface area (TPSA) is 64.4 Å². The van der Waals surface area contributed by atoms with Crippen LogP contribution in [0.4, 0.5) is 5.69 Å². The molecule has 0 heterocycles. The highest BCUT2D eigenvalue weighted by Gasteiger charge is 2.31. The van der Waals surface area contributed by atoms with Crippen molar-refractivity contribution in [2.45, 2.75) is 25.0 Å². The number of nitro benzene ring substituents is 1. The molecule has 1 aliphatic carbocycles. The summed E-state index contributed by atoms with van der Waals surface area (Å²) in [5.41, 5.74) is -0.140. The van der Waals surface area contributed by atoms with Gasteiger partial charge in [-0.2, -0.15) is 0 Å². The van der Waals surface area contributed by atoms with Crippen LogP contribution in [-0.4, -0.2) is 24.1 Å². The van der Waals surface area contributed by atoms with Crippen molar-refractivity contribution in [1.29, 1.82) is 0 Å². The maximum atomic E-state index is 10.6. The standard InChI is InChI=1S/C11H12Cl2N2O3/c1-14-6-2-8(3-6)18-11-9(12)4-7(15(16)17)5-10(11)13/h4-6,8,14H,2-3H2,1H3. The minimum absolute atomic E-state index is 0.0545. The van der Waals surface area contributed by atoms with Gasteiger partial charge >= 0.3 is 0 Å². The lowest BCUT2D eigenvalue weighted by Gasteiger charge is -2.35. The first-order valence-corrected chi connectivity index (χ1v) is 6.24. The molecule has 1 saturated carbocycles. The van der Waals surface area contributed by atoms with Gasteiger partial charge in [0.2, 0.25) is 0 Å². The van der Waals surface area contributed by atoms with Crippen LogP contribution < -0.4 is 10.1 Å². The van der Waals surface area contributed by atoms with E-state index in [1.165, 1.54) is 12.1 Å². The maximum absolute atomic E-state index is 10.6. The summed E-state index contributed by atoms with van der Waals surface area (Å²) in [7, 11) is 1.90. The second-order valence-corrected chi connectivity index (χ2v) is 5.01. The van der Waals surface area contributed by atoms with Gasteiger partial charge in [-0.3, -0.25) is 10.1 Å². The highest BCUT2D eigenvalue weighted by molar-refractivity contribution is 6.37. The summed E-state index contributed by atoms with van der Waals surface area (Å²) in [4.78, 5) is 10.1. The number of hydrogen-bond acceptors (Lipinski definition) is 4. The molecule has 0 aromatic heterocycles. The minimum Gasteiger partial charge on any atom is -0.487 e. The summed E-state index contributed by atoms with van der Waals surface area (Å²) >= 11 is 11.9. The number of halogens is 2. The Labute approximate surface area is 114 Å². The Morgan fingerprint density at radius 2 is 1.94 bits per heavy atom. The van der Waals surface area contributed by atoms with Crippen LogP contribution in [0.15, 0.2) is 12.1 Å². The first kappa shape index (κ1) is 13.4. The molecule has 1 N–H and O–H groups in total. The van der Waals surface area contributed by atoms with Crippen molar-refractivity contribution in [2.75, 3.05) is 7.05 Å². The predicted octanol–water partition coefficient (Wildman–Crippen LogP) is 3.03. The zero-order valence-corrected chi connectivity index (χ0v) is 11.2. The summed E-state index contributed by atoms with van der Waals surface area (Å²) in [6.45, 7) is 0. The van der Waals surface area contributed by atoms with Crippen LogP contribution in [0, 0.1) is 10.1 Å². The number of hydrogen-bond donors (Lipinski definition) is 1. The number of rotatable bonds is 4. The number of ether oxygens (including phenoxy) is 1. The summed E-state index contributed by atoms with van der Waals surface area (Å²) in [5.74, 6) is 0.323. The third kappa shape index (κ3) is 2.68. The van der Waals surface area contributed by atoms with E-state index in [9.17, 15) is 10.1 Å². The normalized spacial score (nSPS) is 22.4. The number of nitro groups is 1. The second-order valence-electron chi connectivity index (χ2n) is 4.19. The van der Waals surface area contributed by atoms with E-state index in [0.29, 0.717) is 11.8 Å². The first-order chi connectivity index (χ1) is 8.51. The molecule has 1 aliphatic rings. The molecule has 2 rings (SSSR count). The molecule has 7 heteroatoms. The third-order valence-electron chi connectivity index (χ3n) is 2.98. The van der Waals surface area contributed by atoms with E-state index in [-0.39, 0.29) is 21.8 Å². The average molecular weight is 291 g/mol. The molecule has 1 aromatic carbocycles. The van der Waals surface area contributed by atoms with E-state index >= 15 is 0 Å². The van der Waals surface area contributed by atoms with E-state index in [2.05, 4.69) is 5.32 Å². The molecule has 0 amide bonds. The SMILES string of the molecule is CNC1CC(Oc2c(Cl)cc([N+](=O)[O-])cc2Cl)C1. The fraction of sp³-hybridized carbons (Fsp3) is 0.455. The summed E-state index contributed by atoms with van der Waals surface area (Å²) in [5, 5.41) is 14.1. The molecule has 18 heavy (non-hydrogen) atoms. The van der Waals surface area contributed by atoms with E-state index in [4.69, 9.17) is 27.9 Å². The van der Waals surface area contributed by atoms with Gasteiger partial charge in [0, 0.05) is 18.2 Å². The Hall–Kier alpha value is -1.04. The molecule has 98 valence electrons. The van der Waals surface area contributed by atoms with E-state index in [0.717, 1.165) is 12.8 Å². The molecule has 0 radical (unpaired) electrons. The molecule has 0 unspecified atom stereocenters. The fourth-order valence-corrected chi connectivity index (χ4v) is 2.39. The lowest BCUT2D eigenvalue weighted by atomic mass is 9.89. The number of benzene rings is 1. The smallest absolute Gasteiger partial charge is 0.272 e. The highest BCUT2D eigenvalue weighted by atomic mass is 35.5. The lowest BCUT2D eigenvalue weighted by Crippen LogP contribution is -2.45. The lowest BCUT2D eigenvalue weighted by molar-refractivity contribution is -0.384. The van der Waals surface area contributed by atoms with Gasteiger partial charge in [-0.25, -0.2) is 0 Å². The zero-order valence-electron chi connectivity index (χ0n) is 9.65. The van der Waals surface area contributed by atoms with Gasteiger partial charge in [0.05, 0.1) is 15.0 Å². The molecule has 0 bridgehead atoms. The van der Waals surface area contributed by atoms with Crippen LogP contribution in [0.5, 0.6) is 5.75 Å². The summed E-state index contributed by atoms with van der Waals surface area (Å²) < 4.78 is 5.65. The maximum Gasteiger partial charge on any atom is 0.272 e. The molecule has 0 atom stereocenters. The van der Waals surface area contributed by atoms with Gasteiger partial charge in [0.1, 0.15) is 6.10 Å². The van der Waals surface area contributed by atoms with Crippen LogP contribution in [0.2, 0.25) is 10.0 Å². The van der Waals surface area contributed by atoms with Crippen molar-refractivity contribution in [3.8, 4) is 5.75 Å². The monoisotopic (exact) mass is 290 g/mol. The van der Waals surface area contributed by atoms with Crippen LogP contribution in [0.1, 0.15) is 12.8 Å². The Morgan fingerprint density at radius 3 is 2.39 bits per heavy atom. The summed E-state index contributed by atoms with van der Waals surface area (Å²) in [6, 6.07) is 2.94. The molecule has 0 aliphatic heterocycles. The zero-order chi connectivity index (χ0) is 13.3. The Bertz CT molecular complexity index is 452. The van der Waals surface area contributed by atoms with Crippen LogP contribution in [-0.2, 0) is 0 Å². The Balaban J connectivity index is 2.12. The third-order valence-corrected chi connectivity index (χ3v) is 3.54. The van der Waals surface area contributed by atoms with Crippen molar-refractivity contribution in [1.82, 2.24) is 5.32 Å². The van der Waals surface area contributed by atoms with Gasteiger partial charge in [-0.15, -0.1) is 0 Å². The van der Waals surface area contributed by atoms with Gasteiger partial charge < -0.3 is 10.1 Å². The highest BCUT2D eigenvalue weighted by Crippen LogP contribution is 2.39. The number of nitrogens with zero attached hydrogens (tertiary/aromatic N) is 1. The Morgan fingerprint density at radius 1 is 1.39 bits per heavy atom. The average Bonchev–Trinajstić information content (AvgIpc) is 2.25. The first-order valence-electron chi connectivity index (χ1n) is 5.48. The predicted molar refractivity (Wildman–Crippen MR) is 69.6 cm³/mol. The largest absolute Gasteiger partial charge is 0.487 e. The second kappa shape index (κ2) is 5.30. The summed E-state index contributed by atoms with van der Waals surface area (Å²) in [6.07, 6.45) is 1.80. The molecule has 0 spiro atoms. The van der Waals surface area contributed by atoms with Gasteiger partial charge in [0.25, 0.3) is 5.69 Å². The van der Waals surface area contributed by atoms with Crippen molar-refractivity contribution in [3.05, 3.63) is 32.3 Å². The van der Waals surface area contributed by atoms with Crippen molar-refractivity contribution in [3.63, 3.8) is 0 Å². The van der Waals surface area contributed by atoms with Crippen molar-refractivity contribution < 1.29 is 9.66 Å². The molecule has 1 aromatic rings. The van der Waals surface area contributed by atoms with Crippen LogP contribution in [0.3, 0.4) is 0 Å². The van der Waals surface area contributed by atoms with Gasteiger partial charge in [0.15, 0.2) is 5.75 Å². The van der Waals surface area contributed by atoms with Crippen molar-refractivity contribution >= 4 is 28.9 Å². The van der Waals surface area contributed by atoms with E-state index in [1.54, 1.807) is 0 Å². The quantitative estimate of drug-likeness (QED) is 0.684. The number of non-ortho nitro benzene ring substituents is 1. The number of nitrogens with one attached hydrogen (secondary N) is 1. The molecule has 1 fully saturated rings. The van der Waals surface area contributed by atoms with Gasteiger partial charge in [-0.05, 0) is 19.9 Å². The molecule has 5 nitrogen and oxygen atoms in total. The Kier molecular flexibility index (Phi) is 3.94. The van der Waals surface area contributed by atoms with Gasteiger partial charge in [-0.1, -0.05) is 23.2 Å². The van der Waals surface area contributed by atoms with E-state index in [1.807, 2.05) is 7.05 Å². The molecular formula is C11H12Cl2N2O3. The molecular weight excluding hydrogens is 279 g/mol.